The second-order valence-corrected chi connectivity index (χ2v) is 7.47. The fourth-order valence-corrected chi connectivity index (χ4v) is 4.17. The Bertz CT molecular complexity index is 453. The zero-order valence-corrected chi connectivity index (χ0v) is 12.1. The van der Waals surface area contributed by atoms with E-state index in [1.165, 1.54) is 0 Å². The van der Waals surface area contributed by atoms with Gasteiger partial charge in [0.1, 0.15) is 0 Å². The summed E-state index contributed by atoms with van der Waals surface area (Å²) in [4.78, 5) is 4.19. The van der Waals surface area contributed by atoms with Crippen LogP contribution < -0.4 is 10.0 Å². The lowest BCUT2D eigenvalue weighted by atomic mass is 10.2. The molecule has 0 radical (unpaired) electrons. The van der Waals surface area contributed by atoms with Crippen molar-refractivity contribution in [3.8, 4) is 0 Å². The highest BCUT2D eigenvalue weighted by Crippen LogP contribution is 2.16. The normalized spacial score (nSPS) is 22.2. The summed E-state index contributed by atoms with van der Waals surface area (Å²) in [6.07, 6.45) is 3.76. The Balaban J connectivity index is 1.81. The summed E-state index contributed by atoms with van der Waals surface area (Å²) >= 11 is 1.56. The molecule has 1 aliphatic heterocycles. The number of nitrogens with one attached hydrogen (secondary N) is 2. The first-order valence-electron chi connectivity index (χ1n) is 6.17. The van der Waals surface area contributed by atoms with Crippen LogP contribution in [0.5, 0.6) is 0 Å². The van der Waals surface area contributed by atoms with Gasteiger partial charge in [0.15, 0.2) is 0 Å². The van der Waals surface area contributed by atoms with E-state index >= 15 is 0 Å². The van der Waals surface area contributed by atoms with Crippen molar-refractivity contribution in [2.75, 3.05) is 18.8 Å². The Kier molecular flexibility index (Phi) is 4.71. The van der Waals surface area contributed by atoms with Crippen molar-refractivity contribution in [2.45, 2.75) is 31.7 Å². The predicted octanol–water partition coefficient (Wildman–Crippen LogP) is 0.918. The molecule has 1 fully saturated rings. The third-order valence-electron chi connectivity index (χ3n) is 3.07. The van der Waals surface area contributed by atoms with Gasteiger partial charge < -0.3 is 5.32 Å². The molecule has 2 heterocycles. The number of thiazole rings is 1. The molecule has 0 aromatic carbocycles. The minimum Gasteiger partial charge on any atom is -0.313 e. The lowest BCUT2D eigenvalue weighted by Crippen LogP contribution is -2.37. The second kappa shape index (κ2) is 6.10. The highest BCUT2D eigenvalue weighted by Gasteiger charge is 2.22. The van der Waals surface area contributed by atoms with Crippen molar-refractivity contribution in [2.24, 2.45) is 0 Å². The fraction of sp³-hybridized carbons (Fsp3) is 0.727. The highest BCUT2D eigenvalue weighted by atomic mass is 32.2. The number of hydrogen-bond donors (Lipinski definition) is 2. The quantitative estimate of drug-likeness (QED) is 0.817. The lowest BCUT2D eigenvalue weighted by Gasteiger charge is -2.14. The molecule has 1 aromatic rings. The van der Waals surface area contributed by atoms with Crippen molar-refractivity contribution < 1.29 is 8.42 Å². The third kappa shape index (κ3) is 4.01. The Morgan fingerprint density at radius 3 is 3.11 bits per heavy atom. The molecule has 102 valence electrons. The molecule has 0 aliphatic carbocycles. The first-order chi connectivity index (χ1) is 8.57. The fourth-order valence-electron chi connectivity index (χ4n) is 2.04. The molecule has 7 heteroatoms. The van der Waals surface area contributed by atoms with Crippen LogP contribution in [0.25, 0.3) is 0 Å². The molecule has 18 heavy (non-hydrogen) atoms. The van der Waals surface area contributed by atoms with E-state index in [1.54, 1.807) is 17.5 Å². The Labute approximate surface area is 112 Å². The molecular formula is C11H19N3O2S2. The molecule has 0 saturated carbocycles. The molecule has 0 spiro atoms. The van der Waals surface area contributed by atoms with Crippen LogP contribution in [0.3, 0.4) is 0 Å². The van der Waals surface area contributed by atoms with Crippen LogP contribution in [0.1, 0.15) is 30.7 Å². The van der Waals surface area contributed by atoms with E-state index in [0.29, 0.717) is 6.54 Å². The van der Waals surface area contributed by atoms with Gasteiger partial charge in [-0.05, 0) is 19.4 Å². The molecule has 1 aromatic heterocycles. The highest BCUT2D eigenvalue weighted by molar-refractivity contribution is 7.89. The minimum atomic E-state index is -3.19. The summed E-state index contributed by atoms with van der Waals surface area (Å²) in [6.45, 7) is 3.33. The predicted molar refractivity (Wildman–Crippen MR) is 73.3 cm³/mol. The maximum absolute atomic E-state index is 11.9. The molecular weight excluding hydrogens is 270 g/mol. The van der Waals surface area contributed by atoms with Crippen LogP contribution in [-0.2, 0) is 10.0 Å². The number of aromatic nitrogens is 1. The van der Waals surface area contributed by atoms with E-state index in [0.717, 1.165) is 24.4 Å². The summed E-state index contributed by atoms with van der Waals surface area (Å²) in [5, 5.41) is 6.07. The summed E-state index contributed by atoms with van der Waals surface area (Å²) in [5.74, 6) is 0.300. The third-order valence-corrected chi connectivity index (χ3v) is 5.52. The van der Waals surface area contributed by atoms with Crippen LogP contribution in [0.4, 0.5) is 0 Å². The van der Waals surface area contributed by atoms with Gasteiger partial charge in [0.25, 0.3) is 0 Å². The van der Waals surface area contributed by atoms with Crippen LogP contribution in [0.15, 0.2) is 11.6 Å². The van der Waals surface area contributed by atoms with Gasteiger partial charge in [0, 0.05) is 30.1 Å². The average Bonchev–Trinajstić information content (AvgIpc) is 2.97. The summed E-state index contributed by atoms with van der Waals surface area (Å²) in [7, 11) is -3.19. The Hall–Kier alpha value is -0.500. The zero-order chi connectivity index (χ0) is 13.0. The summed E-state index contributed by atoms with van der Waals surface area (Å²) < 4.78 is 26.5. The lowest BCUT2D eigenvalue weighted by molar-refractivity contribution is 0.558. The first kappa shape index (κ1) is 13.9. The van der Waals surface area contributed by atoms with Gasteiger partial charge in [-0.1, -0.05) is 6.92 Å². The number of nitrogens with zero attached hydrogens (tertiary/aromatic N) is 1. The first-order valence-corrected chi connectivity index (χ1v) is 8.70. The molecule has 1 saturated heterocycles. The van der Waals surface area contributed by atoms with Gasteiger partial charge in [0.2, 0.25) is 10.0 Å². The van der Waals surface area contributed by atoms with Crippen molar-refractivity contribution >= 4 is 21.4 Å². The van der Waals surface area contributed by atoms with Crippen LogP contribution in [0, 0.1) is 0 Å². The average molecular weight is 289 g/mol. The van der Waals surface area contributed by atoms with Crippen LogP contribution >= 0.6 is 11.3 Å². The molecule has 2 rings (SSSR count). The van der Waals surface area contributed by atoms with Crippen LogP contribution in [-0.4, -0.2) is 38.3 Å². The standard InChI is InChI=1S/C11H19N3O2S2/c1-9(11-13-5-6-17-11)7-14-18(15,16)8-10-3-2-4-12-10/h5-6,9-10,12,14H,2-4,7-8H2,1H3. The van der Waals surface area contributed by atoms with E-state index in [9.17, 15) is 8.42 Å². The number of sulfonamides is 1. The molecule has 5 nitrogen and oxygen atoms in total. The maximum atomic E-state index is 11.9. The van der Waals surface area contributed by atoms with Crippen molar-refractivity contribution in [1.82, 2.24) is 15.0 Å². The summed E-state index contributed by atoms with van der Waals surface area (Å²) in [6, 6.07) is 0.109. The Morgan fingerprint density at radius 1 is 1.67 bits per heavy atom. The van der Waals surface area contributed by atoms with Crippen molar-refractivity contribution in [3.05, 3.63) is 16.6 Å². The molecule has 2 unspecified atom stereocenters. The Morgan fingerprint density at radius 2 is 2.50 bits per heavy atom. The van der Waals surface area contributed by atoms with E-state index in [4.69, 9.17) is 0 Å². The van der Waals surface area contributed by atoms with Gasteiger partial charge in [0.05, 0.1) is 10.8 Å². The van der Waals surface area contributed by atoms with E-state index in [-0.39, 0.29) is 17.7 Å². The van der Waals surface area contributed by atoms with Gasteiger partial charge in [-0.25, -0.2) is 18.1 Å². The minimum absolute atomic E-state index is 0.109. The largest absolute Gasteiger partial charge is 0.313 e. The van der Waals surface area contributed by atoms with Gasteiger partial charge >= 0.3 is 0 Å². The van der Waals surface area contributed by atoms with E-state index in [1.807, 2.05) is 12.3 Å². The SMILES string of the molecule is CC(CNS(=O)(=O)CC1CCCN1)c1nccs1. The summed E-state index contributed by atoms with van der Waals surface area (Å²) in [5.41, 5.74) is 0. The zero-order valence-electron chi connectivity index (χ0n) is 10.4. The van der Waals surface area contributed by atoms with Crippen molar-refractivity contribution in [1.29, 1.82) is 0 Å². The molecule has 2 atom stereocenters. The maximum Gasteiger partial charge on any atom is 0.213 e. The molecule has 1 aliphatic rings. The van der Waals surface area contributed by atoms with Gasteiger partial charge in [-0.15, -0.1) is 11.3 Å². The van der Waals surface area contributed by atoms with Gasteiger partial charge in [-0.2, -0.15) is 0 Å². The molecule has 0 amide bonds. The number of rotatable bonds is 6. The molecule has 2 N–H and O–H groups in total. The smallest absolute Gasteiger partial charge is 0.213 e. The second-order valence-electron chi connectivity index (χ2n) is 4.69. The topological polar surface area (TPSA) is 71.1 Å². The van der Waals surface area contributed by atoms with Crippen LogP contribution in [0.2, 0.25) is 0 Å². The molecule has 0 bridgehead atoms. The monoisotopic (exact) mass is 289 g/mol. The van der Waals surface area contributed by atoms with Gasteiger partial charge in [-0.3, -0.25) is 0 Å². The van der Waals surface area contributed by atoms with E-state index < -0.39 is 10.0 Å². The number of hydrogen-bond acceptors (Lipinski definition) is 5. The van der Waals surface area contributed by atoms with Crippen molar-refractivity contribution in [3.63, 3.8) is 0 Å². The van der Waals surface area contributed by atoms with E-state index in [2.05, 4.69) is 15.0 Å².